The zero-order valence-electron chi connectivity index (χ0n) is 10.2. The van der Waals surface area contributed by atoms with E-state index in [2.05, 4.69) is 25.9 Å². The lowest BCUT2D eigenvalue weighted by Crippen LogP contribution is -2.00. The Kier molecular flexibility index (Phi) is 3.41. The Morgan fingerprint density at radius 3 is 2.60 bits per heavy atom. The molecule has 6 heteroatoms. The van der Waals surface area contributed by atoms with E-state index in [1.807, 2.05) is 0 Å². The number of fused-ring (bicyclic) bond motifs is 1. The van der Waals surface area contributed by atoms with E-state index in [4.69, 9.17) is 11.6 Å². The standard InChI is InChI=1S/C14H10BrClN2O2/c15-10-6-8(16)2-3-9(10)13(19)7-1-4-11-12(5-7)18-14(20)17-11/h1-6,13,19H,(H2,17,18,20). The lowest BCUT2D eigenvalue weighted by atomic mass is 10.0. The molecule has 0 fully saturated rings. The Hall–Kier alpha value is -1.56. The molecule has 0 aliphatic rings. The van der Waals surface area contributed by atoms with Gasteiger partial charge in [0.05, 0.1) is 11.0 Å². The fraction of sp³-hybridized carbons (Fsp3) is 0.0714. The minimum Gasteiger partial charge on any atom is -0.384 e. The molecule has 0 aliphatic carbocycles. The van der Waals surface area contributed by atoms with Gasteiger partial charge in [-0.1, -0.05) is 39.7 Å². The number of imidazole rings is 1. The summed E-state index contributed by atoms with van der Waals surface area (Å²) in [5.41, 5.74) is 2.51. The zero-order chi connectivity index (χ0) is 14.3. The Morgan fingerprint density at radius 2 is 1.85 bits per heavy atom. The fourth-order valence-corrected chi connectivity index (χ4v) is 3.02. The minimum atomic E-state index is -0.801. The molecule has 1 aromatic heterocycles. The van der Waals surface area contributed by atoms with E-state index in [-0.39, 0.29) is 5.69 Å². The van der Waals surface area contributed by atoms with Gasteiger partial charge in [-0.3, -0.25) is 0 Å². The van der Waals surface area contributed by atoms with Gasteiger partial charge in [0, 0.05) is 9.50 Å². The molecule has 1 atom stereocenters. The first-order valence-corrected chi connectivity index (χ1v) is 7.06. The van der Waals surface area contributed by atoms with Gasteiger partial charge in [0.1, 0.15) is 6.10 Å². The summed E-state index contributed by atoms with van der Waals surface area (Å²) in [6, 6.07) is 10.5. The summed E-state index contributed by atoms with van der Waals surface area (Å²) < 4.78 is 0.736. The number of aromatic amines is 2. The number of nitrogens with one attached hydrogen (secondary N) is 2. The van der Waals surface area contributed by atoms with Gasteiger partial charge >= 0.3 is 5.69 Å². The molecule has 0 saturated carbocycles. The van der Waals surface area contributed by atoms with E-state index in [0.29, 0.717) is 27.2 Å². The zero-order valence-corrected chi connectivity index (χ0v) is 12.5. The Morgan fingerprint density at radius 1 is 1.10 bits per heavy atom. The van der Waals surface area contributed by atoms with Gasteiger partial charge in [-0.05, 0) is 35.4 Å². The van der Waals surface area contributed by atoms with Crippen molar-refractivity contribution < 1.29 is 5.11 Å². The summed E-state index contributed by atoms with van der Waals surface area (Å²) in [5, 5.41) is 11.1. The highest BCUT2D eigenvalue weighted by molar-refractivity contribution is 9.10. The van der Waals surface area contributed by atoms with Gasteiger partial charge in [-0.15, -0.1) is 0 Å². The van der Waals surface area contributed by atoms with Crippen molar-refractivity contribution in [3.8, 4) is 0 Å². The van der Waals surface area contributed by atoms with E-state index in [9.17, 15) is 9.90 Å². The van der Waals surface area contributed by atoms with Crippen LogP contribution < -0.4 is 5.69 Å². The molecule has 0 radical (unpaired) electrons. The molecule has 3 aromatic rings. The van der Waals surface area contributed by atoms with Crippen molar-refractivity contribution in [2.45, 2.75) is 6.10 Å². The molecule has 102 valence electrons. The SMILES string of the molecule is O=c1[nH]c2ccc(C(O)c3ccc(Cl)cc3Br)cc2[nH]1. The second-order valence-corrected chi connectivity index (χ2v) is 5.74. The second-order valence-electron chi connectivity index (χ2n) is 4.45. The lowest BCUT2D eigenvalue weighted by Gasteiger charge is -2.13. The first-order chi connectivity index (χ1) is 9.54. The highest BCUT2D eigenvalue weighted by Gasteiger charge is 2.15. The van der Waals surface area contributed by atoms with Crippen LogP contribution in [0.4, 0.5) is 0 Å². The van der Waals surface area contributed by atoms with Crippen molar-refractivity contribution in [3.63, 3.8) is 0 Å². The summed E-state index contributed by atoms with van der Waals surface area (Å²) >= 11 is 9.28. The first-order valence-electron chi connectivity index (χ1n) is 5.89. The van der Waals surface area contributed by atoms with Crippen LogP contribution in [-0.4, -0.2) is 15.1 Å². The molecule has 0 amide bonds. The monoisotopic (exact) mass is 352 g/mol. The molecular formula is C14H10BrClN2O2. The van der Waals surface area contributed by atoms with Crippen molar-refractivity contribution >= 4 is 38.6 Å². The number of benzene rings is 2. The van der Waals surface area contributed by atoms with E-state index >= 15 is 0 Å². The molecule has 0 spiro atoms. The largest absolute Gasteiger partial charge is 0.384 e. The average Bonchev–Trinajstić information content (AvgIpc) is 2.77. The van der Waals surface area contributed by atoms with Crippen LogP contribution in [0.1, 0.15) is 17.2 Å². The quantitative estimate of drug-likeness (QED) is 0.661. The summed E-state index contributed by atoms with van der Waals surface area (Å²) in [6.45, 7) is 0. The molecule has 2 aromatic carbocycles. The second kappa shape index (κ2) is 5.09. The number of aliphatic hydroxyl groups is 1. The maximum Gasteiger partial charge on any atom is 0.323 e. The lowest BCUT2D eigenvalue weighted by molar-refractivity contribution is 0.219. The molecular weight excluding hydrogens is 344 g/mol. The molecule has 0 aliphatic heterocycles. The number of hydrogen-bond donors (Lipinski definition) is 3. The molecule has 3 rings (SSSR count). The molecule has 1 heterocycles. The van der Waals surface area contributed by atoms with Crippen molar-refractivity contribution in [1.29, 1.82) is 0 Å². The van der Waals surface area contributed by atoms with Crippen LogP contribution in [0, 0.1) is 0 Å². The van der Waals surface area contributed by atoms with Crippen molar-refractivity contribution in [3.05, 3.63) is 67.5 Å². The van der Waals surface area contributed by atoms with Crippen LogP contribution in [0.2, 0.25) is 5.02 Å². The van der Waals surface area contributed by atoms with Gasteiger partial charge in [0.25, 0.3) is 0 Å². The third-order valence-electron chi connectivity index (χ3n) is 3.11. The summed E-state index contributed by atoms with van der Waals surface area (Å²) in [5.74, 6) is 0. The number of H-pyrrole nitrogens is 2. The predicted octanol–water partition coefficient (Wildman–Crippen LogP) is 3.35. The maximum absolute atomic E-state index is 11.2. The first kappa shape index (κ1) is 13.4. The highest BCUT2D eigenvalue weighted by Crippen LogP contribution is 2.31. The van der Waals surface area contributed by atoms with Crippen LogP contribution >= 0.6 is 27.5 Å². The number of hydrogen-bond acceptors (Lipinski definition) is 2. The predicted molar refractivity (Wildman–Crippen MR) is 82.1 cm³/mol. The van der Waals surface area contributed by atoms with Gasteiger partial charge in [0.15, 0.2) is 0 Å². The molecule has 3 N–H and O–H groups in total. The van der Waals surface area contributed by atoms with Gasteiger partial charge in [0.2, 0.25) is 0 Å². The normalized spacial score (nSPS) is 12.8. The minimum absolute atomic E-state index is 0.265. The molecule has 4 nitrogen and oxygen atoms in total. The van der Waals surface area contributed by atoms with Crippen molar-refractivity contribution in [2.75, 3.05) is 0 Å². The van der Waals surface area contributed by atoms with E-state index in [0.717, 1.165) is 4.47 Å². The van der Waals surface area contributed by atoms with Gasteiger partial charge in [-0.2, -0.15) is 0 Å². The molecule has 20 heavy (non-hydrogen) atoms. The van der Waals surface area contributed by atoms with E-state index in [1.54, 1.807) is 36.4 Å². The smallest absolute Gasteiger partial charge is 0.323 e. The topological polar surface area (TPSA) is 68.9 Å². The van der Waals surface area contributed by atoms with Crippen molar-refractivity contribution in [1.82, 2.24) is 9.97 Å². The number of rotatable bonds is 2. The van der Waals surface area contributed by atoms with Crippen LogP contribution in [0.3, 0.4) is 0 Å². The Labute approximate surface area is 127 Å². The third kappa shape index (κ3) is 2.40. The van der Waals surface area contributed by atoms with Crippen molar-refractivity contribution in [2.24, 2.45) is 0 Å². The molecule has 1 unspecified atom stereocenters. The Bertz CT molecular complexity index is 841. The van der Waals surface area contributed by atoms with E-state index < -0.39 is 6.10 Å². The molecule has 0 saturated heterocycles. The maximum atomic E-state index is 11.2. The number of aliphatic hydroxyl groups excluding tert-OH is 1. The van der Waals surface area contributed by atoms with Crippen LogP contribution in [0.5, 0.6) is 0 Å². The van der Waals surface area contributed by atoms with Crippen LogP contribution in [0.25, 0.3) is 11.0 Å². The number of halogens is 2. The van der Waals surface area contributed by atoms with Gasteiger partial charge in [-0.25, -0.2) is 4.79 Å². The third-order valence-corrected chi connectivity index (χ3v) is 4.03. The average molecular weight is 354 g/mol. The fourth-order valence-electron chi connectivity index (χ4n) is 2.12. The van der Waals surface area contributed by atoms with Crippen LogP contribution in [-0.2, 0) is 0 Å². The van der Waals surface area contributed by atoms with Gasteiger partial charge < -0.3 is 15.1 Å². The summed E-state index contributed by atoms with van der Waals surface area (Å²) in [4.78, 5) is 16.6. The van der Waals surface area contributed by atoms with Crippen LogP contribution in [0.15, 0.2) is 45.7 Å². The van der Waals surface area contributed by atoms with E-state index in [1.165, 1.54) is 0 Å². The Balaban J connectivity index is 2.06. The summed E-state index contributed by atoms with van der Waals surface area (Å²) in [7, 11) is 0. The molecule has 0 bridgehead atoms. The number of aromatic nitrogens is 2. The summed E-state index contributed by atoms with van der Waals surface area (Å²) in [6.07, 6.45) is -0.801. The highest BCUT2D eigenvalue weighted by atomic mass is 79.9.